The third-order valence-electron chi connectivity index (χ3n) is 5.12. The van der Waals surface area contributed by atoms with Crippen molar-refractivity contribution in [3.8, 4) is 11.1 Å². The van der Waals surface area contributed by atoms with Crippen LogP contribution in [-0.2, 0) is 4.79 Å². The average molecular weight is 470 g/mol. The number of halogens is 3. The van der Waals surface area contributed by atoms with Crippen LogP contribution in [0.2, 0.25) is 0 Å². The second-order valence-electron chi connectivity index (χ2n) is 8.26. The van der Waals surface area contributed by atoms with Gasteiger partial charge in [0.15, 0.2) is 5.78 Å². The highest BCUT2D eigenvalue weighted by Gasteiger charge is 2.30. The van der Waals surface area contributed by atoms with E-state index in [1.165, 1.54) is 38.1 Å². The summed E-state index contributed by atoms with van der Waals surface area (Å²) in [5.74, 6) is -3.92. The Bertz CT molecular complexity index is 1260. The van der Waals surface area contributed by atoms with Crippen LogP contribution in [0.25, 0.3) is 11.1 Å². The lowest BCUT2D eigenvalue weighted by molar-refractivity contribution is -0.146. The first-order valence-electron chi connectivity index (χ1n) is 10.2. The van der Waals surface area contributed by atoms with Crippen LogP contribution in [0, 0.1) is 22.9 Å². The largest absolute Gasteiger partial charge is 0.481 e. The molecule has 2 amide bonds. The molecule has 3 N–H and O–H groups in total. The molecule has 0 fully saturated rings. The quantitative estimate of drug-likeness (QED) is 0.364. The van der Waals surface area contributed by atoms with Crippen LogP contribution < -0.4 is 10.6 Å². The highest BCUT2D eigenvalue weighted by atomic mass is 19.1. The maximum atomic E-state index is 14.6. The summed E-state index contributed by atoms with van der Waals surface area (Å²) in [6.45, 7) is 2.94. The summed E-state index contributed by atoms with van der Waals surface area (Å²) in [5, 5.41) is 13.6. The Balaban J connectivity index is 1.69. The van der Waals surface area contributed by atoms with Gasteiger partial charge in [-0.25, -0.2) is 18.0 Å². The first kappa shape index (κ1) is 24.5. The highest BCUT2D eigenvalue weighted by molar-refractivity contribution is 6.00. The van der Waals surface area contributed by atoms with Gasteiger partial charge < -0.3 is 15.7 Å². The van der Waals surface area contributed by atoms with Crippen molar-refractivity contribution in [1.82, 2.24) is 0 Å². The van der Waals surface area contributed by atoms with E-state index in [0.29, 0.717) is 22.8 Å². The minimum absolute atomic E-state index is 0.161. The fourth-order valence-corrected chi connectivity index (χ4v) is 3.09. The molecule has 0 heterocycles. The zero-order valence-electron chi connectivity index (χ0n) is 18.3. The van der Waals surface area contributed by atoms with Crippen LogP contribution in [0.1, 0.15) is 30.6 Å². The molecular weight excluding hydrogens is 449 g/mol. The molecule has 0 bridgehead atoms. The van der Waals surface area contributed by atoms with Crippen LogP contribution in [0.5, 0.6) is 0 Å². The van der Waals surface area contributed by atoms with E-state index in [-0.39, 0.29) is 23.6 Å². The molecule has 176 valence electrons. The zero-order valence-corrected chi connectivity index (χ0v) is 18.3. The minimum Gasteiger partial charge on any atom is -0.481 e. The number of rotatable bonds is 7. The van der Waals surface area contributed by atoms with Crippen molar-refractivity contribution >= 4 is 29.2 Å². The summed E-state index contributed by atoms with van der Waals surface area (Å²) >= 11 is 0. The van der Waals surface area contributed by atoms with E-state index in [2.05, 4.69) is 10.6 Å². The summed E-state index contributed by atoms with van der Waals surface area (Å²) in [5.41, 5.74) is -0.225. The lowest BCUT2D eigenvalue weighted by atomic mass is 9.85. The van der Waals surface area contributed by atoms with Crippen LogP contribution in [0.15, 0.2) is 60.7 Å². The number of nitrogens with one attached hydrogen (secondary N) is 2. The molecule has 0 aliphatic rings. The van der Waals surface area contributed by atoms with E-state index < -0.39 is 34.9 Å². The molecule has 0 atom stereocenters. The van der Waals surface area contributed by atoms with Gasteiger partial charge in [0.05, 0.1) is 16.8 Å². The van der Waals surface area contributed by atoms with Gasteiger partial charge in [-0.3, -0.25) is 9.59 Å². The van der Waals surface area contributed by atoms with Crippen LogP contribution in [-0.4, -0.2) is 22.9 Å². The monoisotopic (exact) mass is 470 g/mol. The second-order valence-corrected chi connectivity index (χ2v) is 8.26. The average Bonchev–Trinajstić information content (AvgIpc) is 2.77. The van der Waals surface area contributed by atoms with Crippen molar-refractivity contribution in [2.45, 2.75) is 20.3 Å². The molecule has 0 radical (unpaired) electrons. The SMILES string of the molecule is CC(C)(CC(=O)c1ccc(-c2ccc(NC(=O)Nc3ccc(F)cc3F)c(F)c2)cc1)C(=O)O. The second kappa shape index (κ2) is 9.78. The number of carboxylic acids is 1. The molecule has 6 nitrogen and oxygen atoms in total. The van der Waals surface area contributed by atoms with Gasteiger partial charge in [-0.2, -0.15) is 0 Å². The number of ketones is 1. The fourth-order valence-electron chi connectivity index (χ4n) is 3.09. The number of anilines is 2. The van der Waals surface area contributed by atoms with Gasteiger partial charge in [0.2, 0.25) is 0 Å². The van der Waals surface area contributed by atoms with Crippen LogP contribution in [0.4, 0.5) is 29.3 Å². The molecule has 9 heteroatoms. The molecular formula is C25H21F3N2O4. The lowest BCUT2D eigenvalue weighted by Gasteiger charge is -2.17. The van der Waals surface area contributed by atoms with Gasteiger partial charge in [-0.1, -0.05) is 30.3 Å². The predicted octanol–water partition coefficient (Wildman–Crippen LogP) is 6.10. The van der Waals surface area contributed by atoms with E-state index in [4.69, 9.17) is 0 Å². The molecule has 0 aromatic heterocycles. The number of carbonyl (C=O) groups excluding carboxylic acids is 2. The topological polar surface area (TPSA) is 95.5 Å². The zero-order chi connectivity index (χ0) is 25.0. The molecule has 3 aromatic carbocycles. The summed E-state index contributed by atoms with van der Waals surface area (Å²) in [7, 11) is 0. The number of carbonyl (C=O) groups is 3. The van der Waals surface area contributed by atoms with Crippen LogP contribution in [0.3, 0.4) is 0 Å². The molecule has 0 aliphatic heterocycles. The minimum atomic E-state index is -1.20. The van der Waals surface area contributed by atoms with Crippen molar-refractivity contribution in [1.29, 1.82) is 0 Å². The molecule has 0 saturated heterocycles. The maximum absolute atomic E-state index is 14.6. The third kappa shape index (κ3) is 5.80. The smallest absolute Gasteiger partial charge is 0.323 e. The highest BCUT2D eigenvalue weighted by Crippen LogP contribution is 2.27. The number of aliphatic carboxylic acids is 1. The Morgan fingerprint density at radius 3 is 1.85 bits per heavy atom. The Kier molecular flexibility index (Phi) is 7.05. The molecule has 34 heavy (non-hydrogen) atoms. The molecule has 3 rings (SSSR count). The summed E-state index contributed by atoms with van der Waals surface area (Å²) in [4.78, 5) is 35.6. The first-order valence-corrected chi connectivity index (χ1v) is 10.2. The van der Waals surface area contributed by atoms with E-state index in [1.807, 2.05) is 0 Å². The Morgan fingerprint density at radius 2 is 1.32 bits per heavy atom. The van der Waals surface area contributed by atoms with Crippen molar-refractivity contribution in [3.05, 3.63) is 83.7 Å². The summed E-state index contributed by atoms with van der Waals surface area (Å²) in [6.07, 6.45) is -0.166. The van der Waals surface area contributed by atoms with Crippen molar-refractivity contribution in [2.24, 2.45) is 5.41 Å². The normalized spacial score (nSPS) is 11.1. The number of benzene rings is 3. The number of hydrogen-bond acceptors (Lipinski definition) is 3. The van der Waals surface area contributed by atoms with Gasteiger partial charge in [-0.15, -0.1) is 0 Å². The van der Waals surface area contributed by atoms with E-state index >= 15 is 0 Å². The molecule has 0 spiro atoms. The van der Waals surface area contributed by atoms with E-state index in [1.54, 1.807) is 18.2 Å². The predicted molar refractivity (Wildman–Crippen MR) is 121 cm³/mol. The standard InChI is InChI=1S/C25H21F3N2O4/c1-25(2,23(32)33)13-22(31)15-5-3-14(4-6-15)16-7-9-20(18(27)11-16)29-24(34)30-21-10-8-17(26)12-19(21)28/h3-12H,13H2,1-2H3,(H,32,33)(H2,29,30,34). The van der Waals surface area contributed by atoms with E-state index in [9.17, 15) is 32.7 Å². The number of carboxylic acid groups (broad SMARTS) is 1. The van der Waals surface area contributed by atoms with E-state index in [0.717, 1.165) is 12.1 Å². The summed E-state index contributed by atoms with van der Waals surface area (Å²) < 4.78 is 41.2. The number of Topliss-reactive ketones (excluding diaryl/α,β-unsaturated/α-hetero) is 1. The van der Waals surface area contributed by atoms with Crippen LogP contribution >= 0.6 is 0 Å². The fraction of sp³-hybridized carbons (Fsp3) is 0.160. The number of amides is 2. The van der Waals surface area contributed by atoms with Gasteiger partial charge in [0, 0.05) is 18.1 Å². The van der Waals surface area contributed by atoms with Crippen molar-refractivity contribution < 1.29 is 32.7 Å². The van der Waals surface area contributed by atoms with Gasteiger partial charge >= 0.3 is 12.0 Å². The third-order valence-corrected chi connectivity index (χ3v) is 5.12. The molecule has 0 aliphatic carbocycles. The number of hydrogen-bond donors (Lipinski definition) is 3. The molecule has 0 saturated carbocycles. The summed E-state index contributed by atoms with van der Waals surface area (Å²) in [6, 6.07) is 12.0. The van der Waals surface area contributed by atoms with Gasteiger partial charge in [-0.05, 0) is 49.2 Å². The first-order chi connectivity index (χ1) is 16.0. The molecule has 3 aromatic rings. The van der Waals surface area contributed by atoms with Gasteiger partial charge in [0.25, 0.3) is 0 Å². The number of urea groups is 1. The van der Waals surface area contributed by atoms with Crippen molar-refractivity contribution in [3.63, 3.8) is 0 Å². The maximum Gasteiger partial charge on any atom is 0.323 e. The Morgan fingerprint density at radius 1 is 0.794 bits per heavy atom. The Hall–Kier alpha value is -4.14. The lowest BCUT2D eigenvalue weighted by Crippen LogP contribution is -2.26. The van der Waals surface area contributed by atoms with Crippen molar-refractivity contribution in [2.75, 3.05) is 10.6 Å². The van der Waals surface area contributed by atoms with Gasteiger partial charge in [0.1, 0.15) is 17.5 Å². The molecule has 0 unspecified atom stereocenters. The Labute approximate surface area is 193 Å².